The number of esters is 1. The summed E-state index contributed by atoms with van der Waals surface area (Å²) >= 11 is 0. The lowest BCUT2D eigenvalue weighted by Gasteiger charge is -2.27. The maximum absolute atomic E-state index is 13.6. The summed E-state index contributed by atoms with van der Waals surface area (Å²) in [5, 5.41) is 3.06. The smallest absolute Gasteiger partial charge is 0.456 e. The lowest BCUT2D eigenvalue weighted by atomic mass is 10.0. The summed E-state index contributed by atoms with van der Waals surface area (Å²) in [5.74, 6) is -0.535. The van der Waals surface area contributed by atoms with Crippen molar-refractivity contribution in [1.82, 2.24) is 5.32 Å². The Morgan fingerprint density at radius 1 is 0.409 bits per heavy atom. The minimum absolute atomic E-state index is 0.0282. The van der Waals surface area contributed by atoms with Gasteiger partial charge in [0.15, 0.2) is 0 Å². The molecule has 0 saturated heterocycles. The van der Waals surface area contributed by atoms with Gasteiger partial charge in [0.05, 0.1) is 33.8 Å². The highest BCUT2D eigenvalue weighted by Gasteiger charge is 2.30. The van der Waals surface area contributed by atoms with Crippen LogP contribution < -0.4 is 5.32 Å². The lowest BCUT2D eigenvalue weighted by Crippen LogP contribution is -2.47. The number of ether oxygens (including phenoxy) is 1. The fourth-order valence-corrected chi connectivity index (χ4v) is 10.4. The molecule has 0 heterocycles. The molecular weight excluding hydrogens is 1110 g/mol. The Labute approximate surface area is 542 Å². The van der Waals surface area contributed by atoms with Gasteiger partial charge in [-0.25, -0.2) is 4.57 Å². The number of allylic oxidation sites excluding steroid dienone is 23. The zero-order valence-electron chi connectivity index (χ0n) is 57.4. The quantitative estimate of drug-likeness (QED) is 0.0205. The average Bonchev–Trinajstić information content (AvgIpc) is 3.71. The first-order chi connectivity index (χ1) is 42.9. The molecule has 0 spiro atoms. The van der Waals surface area contributed by atoms with Gasteiger partial charge in [-0.05, 0) is 128 Å². The van der Waals surface area contributed by atoms with E-state index >= 15 is 0 Å². The van der Waals surface area contributed by atoms with Crippen LogP contribution in [0.15, 0.2) is 146 Å². The summed E-state index contributed by atoms with van der Waals surface area (Å²) in [5.41, 5.74) is 0. The van der Waals surface area contributed by atoms with E-state index in [4.69, 9.17) is 13.8 Å². The molecule has 0 bridgehead atoms. The molecule has 0 aromatic rings. The average molecular weight is 1240 g/mol. The second-order valence-corrected chi connectivity index (χ2v) is 26.1. The molecule has 0 saturated carbocycles. The number of hydrogen-bond acceptors (Lipinski definition) is 6. The first-order valence-corrected chi connectivity index (χ1v) is 37.2. The third-order valence-electron chi connectivity index (χ3n) is 15.0. The zero-order valence-corrected chi connectivity index (χ0v) is 58.3. The number of carbonyl (C=O) groups excluding carboxylic acids is 2. The molecule has 2 N–H and O–H groups in total. The first-order valence-electron chi connectivity index (χ1n) is 35.7. The van der Waals surface area contributed by atoms with E-state index in [1.807, 2.05) is 33.3 Å². The highest BCUT2D eigenvalue weighted by atomic mass is 31.2. The van der Waals surface area contributed by atoms with Crippen LogP contribution in [0, 0.1) is 0 Å². The van der Waals surface area contributed by atoms with Gasteiger partial charge in [-0.15, -0.1) is 0 Å². The molecular formula is C78H134N2O7P+. The monoisotopic (exact) mass is 1240 g/mol. The summed E-state index contributed by atoms with van der Waals surface area (Å²) in [6.07, 6.45) is 95.7. The normalized spacial score (nSPS) is 14.4. The van der Waals surface area contributed by atoms with Crippen molar-refractivity contribution < 1.29 is 37.3 Å². The largest absolute Gasteiger partial charge is 0.472 e. The Hall–Kier alpha value is -4.11. The highest BCUT2D eigenvalue weighted by molar-refractivity contribution is 7.47. The lowest BCUT2D eigenvalue weighted by molar-refractivity contribution is -0.870. The number of nitrogens with zero attached hydrogens (tertiary/aromatic N) is 1. The van der Waals surface area contributed by atoms with Crippen LogP contribution in [0.3, 0.4) is 0 Å². The zero-order chi connectivity index (χ0) is 64.2. The van der Waals surface area contributed by atoms with Crippen LogP contribution in [0.1, 0.15) is 284 Å². The summed E-state index contributed by atoms with van der Waals surface area (Å²) < 4.78 is 30.8. The number of rotatable bonds is 63. The third kappa shape index (κ3) is 66.3. The van der Waals surface area contributed by atoms with Crippen molar-refractivity contribution in [2.45, 2.75) is 296 Å². The number of phosphoric acid groups is 1. The topological polar surface area (TPSA) is 111 Å². The van der Waals surface area contributed by atoms with Gasteiger partial charge in [-0.3, -0.25) is 18.6 Å². The highest BCUT2D eigenvalue weighted by Crippen LogP contribution is 2.43. The Morgan fingerprint density at radius 3 is 1.09 bits per heavy atom. The van der Waals surface area contributed by atoms with E-state index in [9.17, 15) is 19.0 Å². The van der Waals surface area contributed by atoms with Crippen molar-refractivity contribution in [2.24, 2.45) is 0 Å². The van der Waals surface area contributed by atoms with Crippen LogP contribution in [0.5, 0.6) is 0 Å². The number of likely N-dealkylation sites (N-methyl/N-ethyl adjacent to an activating group) is 1. The van der Waals surface area contributed by atoms with Gasteiger partial charge in [0.25, 0.3) is 0 Å². The van der Waals surface area contributed by atoms with E-state index in [1.54, 1.807) is 0 Å². The van der Waals surface area contributed by atoms with Crippen LogP contribution in [0.4, 0.5) is 0 Å². The number of carbonyl (C=O) groups is 2. The molecule has 0 aromatic carbocycles. The first kappa shape index (κ1) is 83.9. The van der Waals surface area contributed by atoms with E-state index in [0.717, 1.165) is 167 Å². The molecule has 0 aliphatic carbocycles. The molecule has 1 amide bonds. The second-order valence-electron chi connectivity index (χ2n) is 24.6. The van der Waals surface area contributed by atoms with Gasteiger partial charge in [0.2, 0.25) is 5.91 Å². The predicted molar refractivity (Wildman–Crippen MR) is 382 cm³/mol. The Bertz CT molecular complexity index is 2020. The molecule has 9 nitrogen and oxygen atoms in total. The maximum atomic E-state index is 13.6. The number of nitrogens with one attached hydrogen (secondary N) is 1. The number of quaternary nitrogens is 1. The van der Waals surface area contributed by atoms with Gasteiger partial charge >= 0.3 is 13.8 Å². The Balaban J connectivity index is 5.14. The Morgan fingerprint density at radius 2 is 0.727 bits per heavy atom. The van der Waals surface area contributed by atoms with E-state index in [-0.39, 0.29) is 31.5 Å². The SMILES string of the molecule is CC/C=C\C/C=C\C/C=C\C/C=C\C/C=C\C/C=C\CCCCCCCCC(=O)NC(COP(=O)(O)OCC[N+](C)(C)C)C(/C=C/CCCCCCCCCCCC)OC(=O)CCCCCCCCCCC/C=C\C/C=C\C/C=C\C/C=C\C/C=C\CC. The Kier molecular flexibility index (Phi) is 62.8. The van der Waals surface area contributed by atoms with Gasteiger partial charge in [0, 0.05) is 12.8 Å². The molecule has 3 unspecified atom stereocenters. The number of hydrogen-bond donors (Lipinski definition) is 2. The van der Waals surface area contributed by atoms with Crippen molar-refractivity contribution in [3.63, 3.8) is 0 Å². The molecule has 0 aliphatic heterocycles. The van der Waals surface area contributed by atoms with Gasteiger partial charge in [-0.2, -0.15) is 0 Å². The van der Waals surface area contributed by atoms with E-state index < -0.39 is 20.0 Å². The predicted octanol–water partition coefficient (Wildman–Crippen LogP) is 23.0. The van der Waals surface area contributed by atoms with Crippen molar-refractivity contribution in [3.8, 4) is 0 Å². The van der Waals surface area contributed by atoms with Crippen LogP contribution >= 0.6 is 7.82 Å². The van der Waals surface area contributed by atoms with Crippen LogP contribution in [-0.2, 0) is 27.9 Å². The van der Waals surface area contributed by atoms with Crippen molar-refractivity contribution in [2.75, 3.05) is 40.9 Å². The van der Waals surface area contributed by atoms with Crippen LogP contribution in [0.2, 0.25) is 0 Å². The standard InChI is InChI=1S/C78H133N2O7P/c1-7-10-13-16-19-22-25-28-30-32-34-36-38-40-42-44-46-48-50-52-55-58-61-64-67-70-77(81)79-75(74-86-88(83,84)85-73-72-80(4,5)6)76(69-66-63-60-57-54-27-24-21-18-15-12-9-3)87-78(82)71-68-65-62-59-56-53-51-49-47-45-43-41-39-37-35-33-31-29-26-23-20-17-14-11-8-2/h10-11,13-14,19-20,22-23,28-31,34-37,40-43,46,48,66,69,75-76H,7-9,12,15-18,21,24-27,32-33,38-39,44-45,47,49-65,67-68,70-74H2,1-6H3,(H-,79,81,83,84)/p+1/b13-10-,14-11-,22-19-,23-20-,30-28-,31-29-,36-34-,37-35-,42-40-,43-41-,48-46-,69-66+. The van der Waals surface area contributed by atoms with Gasteiger partial charge in [-0.1, -0.05) is 289 Å². The summed E-state index contributed by atoms with van der Waals surface area (Å²) in [4.78, 5) is 37.9. The fraction of sp³-hybridized carbons (Fsp3) is 0.667. The van der Waals surface area contributed by atoms with Crippen molar-refractivity contribution in [3.05, 3.63) is 146 Å². The summed E-state index contributed by atoms with van der Waals surface area (Å²) in [7, 11) is 1.46. The van der Waals surface area contributed by atoms with E-state index in [1.165, 1.54) is 83.5 Å². The molecule has 10 heteroatoms. The molecule has 0 radical (unpaired) electrons. The van der Waals surface area contributed by atoms with Crippen molar-refractivity contribution >= 4 is 19.7 Å². The maximum Gasteiger partial charge on any atom is 0.472 e. The molecule has 3 atom stereocenters. The van der Waals surface area contributed by atoms with E-state index in [2.05, 4.69) is 160 Å². The molecule has 88 heavy (non-hydrogen) atoms. The third-order valence-corrected chi connectivity index (χ3v) is 16.0. The minimum atomic E-state index is -4.47. The van der Waals surface area contributed by atoms with Gasteiger partial charge < -0.3 is 19.4 Å². The molecule has 0 fully saturated rings. The van der Waals surface area contributed by atoms with Crippen LogP contribution in [0.25, 0.3) is 0 Å². The summed E-state index contributed by atoms with van der Waals surface area (Å²) in [6, 6.07) is -0.871. The van der Waals surface area contributed by atoms with E-state index in [0.29, 0.717) is 17.4 Å². The molecule has 0 aromatic heterocycles. The summed E-state index contributed by atoms with van der Waals surface area (Å²) in [6.45, 7) is 6.77. The van der Waals surface area contributed by atoms with Gasteiger partial charge in [0.1, 0.15) is 19.3 Å². The molecule has 502 valence electrons. The number of phosphoric ester groups is 1. The number of unbranched alkanes of at least 4 members (excludes halogenated alkanes) is 25. The molecule has 0 aliphatic rings. The second kappa shape index (κ2) is 65.8. The fourth-order valence-electron chi connectivity index (χ4n) is 9.62. The number of amides is 1. The molecule has 0 rings (SSSR count). The van der Waals surface area contributed by atoms with Crippen molar-refractivity contribution in [1.29, 1.82) is 0 Å². The van der Waals surface area contributed by atoms with Crippen LogP contribution in [-0.4, -0.2) is 74.3 Å². The minimum Gasteiger partial charge on any atom is -0.456 e.